The highest BCUT2D eigenvalue weighted by Gasteiger charge is 2.38. The Labute approximate surface area is 182 Å². The van der Waals surface area contributed by atoms with Crippen molar-refractivity contribution in [3.63, 3.8) is 0 Å². The van der Waals surface area contributed by atoms with Crippen molar-refractivity contribution in [2.75, 3.05) is 18.4 Å². The average Bonchev–Trinajstić information content (AvgIpc) is 3.13. The van der Waals surface area contributed by atoms with Crippen LogP contribution in [0.2, 0.25) is 0 Å². The number of hydrogen-bond donors (Lipinski definition) is 1. The first-order valence-corrected chi connectivity index (χ1v) is 11.2. The zero-order chi connectivity index (χ0) is 21.4. The van der Waals surface area contributed by atoms with Gasteiger partial charge in [0, 0.05) is 42.4 Å². The van der Waals surface area contributed by atoms with Gasteiger partial charge >= 0.3 is 0 Å². The normalized spacial score (nSPS) is 24.6. The SMILES string of the molecule is O=C(c1ccc2c(c1)[C@@H]1C=CC[C@@H]1[C@H](c1ccc([N+](=O)[O-])cc1)N2)N1CCCCCC1. The number of benzene rings is 2. The highest BCUT2D eigenvalue weighted by atomic mass is 16.6. The molecule has 0 unspecified atom stereocenters. The minimum absolute atomic E-state index is 0.0838. The van der Waals surface area contributed by atoms with Crippen LogP contribution in [0, 0.1) is 16.0 Å². The highest BCUT2D eigenvalue weighted by Crippen LogP contribution is 2.50. The minimum Gasteiger partial charge on any atom is -0.378 e. The molecule has 0 radical (unpaired) electrons. The van der Waals surface area contributed by atoms with E-state index in [1.807, 2.05) is 29.2 Å². The summed E-state index contributed by atoms with van der Waals surface area (Å²) < 4.78 is 0. The summed E-state index contributed by atoms with van der Waals surface area (Å²) in [5.74, 6) is 0.714. The van der Waals surface area contributed by atoms with E-state index in [1.165, 1.54) is 18.4 Å². The van der Waals surface area contributed by atoms with E-state index in [0.29, 0.717) is 5.92 Å². The van der Waals surface area contributed by atoms with E-state index in [2.05, 4.69) is 23.5 Å². The van der Waals surface area contributed by atoms with Crippen LogP contribution < -0.4 is 5.32 Å². The van der Waals surface area contributed by atoms with Crippen LogP contribution in [0.25, 0.3) is 0 Å². The number of fused-ring (bicyclic) bond motifs is 3. The lowest BCUT2D eigenvalue weighted by molar-refractivity contribution is -0.384. The molecule has 0 saturated carbocycles. The van der Waals surface area contributed by atoms with Gasteiger partial charge in [0.1, 0.15) is 0 Å². The van der Waals surface area contributed by atoms with Crippen LogP contribution in [0.5, 0.6) is 0 Å². The fraction of sp³-hybridized carbons (Fsp3) is 0.400. The number of nitro groups is 1. The number of nitrogens with one attached hydrogen (secondary N) is 1. The zero-order valence-electron chi connectivity index (χ0n) is 17.5. The molecule has 6 heteroatoms. The van der Waals surface area contributed by atoms with Crippen LogP contribution >= 0.6 is 0 Å². The van der Waals surface area contributed by atoms with Gasteiger partial charge < -0.3 is 10.2 Å². The lowest BCUT2D eigenvalue weighted by Crippen LogP contribution is -2.33. The minimum atomic E-state index is -0.365. The van der Waals surface area contributed by atoms with E-state index in [4.69, 9.17) is 0 Å². The van der Waals surface area contributed by atoms with Crippen LogP contribution in [-0.2, 0) is 0 Å². The lowest BCUT2D eigenvalue weighted by atomic mass is 9.76. The van der Waals surface area contributed by atoms with Crippen LogP contribution in [0.3, 0.4) is 0 Å². The Balaban J connectivity index is 1.43. The third kappa shape index (κ3) is 3.71. The Morgan fingerprint density at radius 2 is 1.77 bits per heavy atom. The highest BCUT2D eigenvalue weighted by molar-refractivity contribution is 5.95. The molecule has 31 heavy (non-hydrogen) atoms. The molecule has 0 aromatic heterocycles. The number of amides is 1. The van der Waals surface area contributed by atoms with Gasteiger partial charge in [-0.05, 0) is 54.5 Å². The molecule has 2 aromatic carbocycles. The Morgan fingerprint density at radius 3 is 2.48 bits per heavy atom. The Kier molecular flexibility index (Phi) is 5.22. The summed E-state index contributed by atoms with van der Waals surface area (Å²) in [4.78, 5) is 25.8. The number of carbonyl (C=O) groups excluding carboxylic acids is 1. The predicted octanol–water partition coefficient (Wildman–Crippen LogP) is 5.44. The van der Waals surface area contributed by atoms with Crippen LogP contribution in [0.15, 0.2) is 54.6 Å². The summed E-state index contributed by atoms with van der Waals surface area (Å²) in [5.41, 5.74) is 4.16. The monoisotopic (exact) mass is 417 g/mol. The molecule has 1 N–H and O–H groups in total. The maximum atomic E-state index is 13.1. The third-order valence-corrected chi connectivity index (χ3v) is 6.97. The number of nitrogens with zero attached hydrogens (tertiary/aromatic N) is 2. The molecule has 1 aliphatic carbocycles. The third-order valence-electron chi connectivity index (χ3n) is 6.97. The lowest BCUT2D eigenvalue weighted by Gasteiger charge is -2.37. The van der Waals surface area contributed by atoms with Crippen molar-refractivity contribution < 1.29 is 9.72 Å². The van der Waals surface area contributed by atoms with Crippen molar-refractivity contribution in [3.05, 3.63) is 81.4 Å². The van der Waals surface area contributed by atoms with E-state index < -0.39 is 0 Å². The van der Waals surface area contributed by atoms with E-state index in [9.17, 15) is 14.9 Å². The number of allylic oxidation sites excluding steroid dienone is 2. The van der Waals surface area contributed by atoms with Gasteiger partial charge in [0.2, 0.25) is 0 Å². The summed E-state index contributed by atoms with van der Waals surface area (Å²) in [6.07, 6.45) is 10.00. The number of hydrogen-bond acceptors (Lipinski definition) is 4. The molecule has 2 heterocycles. The summed E-state index contributed by atoms with van der Waals surface area (Å²) in [7, 11) is 0. The molecule has 0 spiro atoms. The summed E-state index contributed by atoms with van der Waals surface area (Å²) >= 11 is 0. The number of anilines is 1. The molecule has 160 valence electrons. The molecule has 3 atom stereocenters. The van der Waals surface area contributed by atoms with Gasteiger partial charge in [-0.15, -0.1) is 0 Å². The van der Waals surface area contributed by atoms with Crippen molar-refractivity contribution in [2.45, 2.75) is 44.1 Å². The molecule has 1 saturated heterocycles. The van der Waals surface area contributed by atoms with E-state index >= 15 is 0 Å². The fourth-order valence-corrected chi connectivity index (χ4v) is 5.32. The molecule has 5 rings (SSSR count). The van der Waals surface area contributed by atoms with Crippen LogP contribution in [0.4, 0.5) is 11.4 Å². The molecule has 0 bridgehead atoms. The summed E-state index contributed by atoms with van der Waals surface area (Å²) in [6, 6.07) is 13.0. The number of likely N-dealkylation sites (tertiary alicyclic amines) is 1. The van der Waals surface area contributed by atoms with Crippen molar-refractivity contribution in [1.29, 1.82) is 0 Å². The largest absolute Gasteiger partial charge is 0.378 e. The molecule has 2 aromatic rings. The van der Waals surface area contributed by atoms with Crippen LogP contribution in [-0.4, -0.2) is 28.8 Å². The Morgan fingerprint density at radius 1 is 1.03 bits per heavy atom. The zero-order valence-corrected chi connectivity index (χ0v) is 17.5. The summed E-state index contributed by atoms with van der Waals surface area (Å²) in [6.45, 7) is 1.70. The second-order valence-electron chi connectivity index (χ2n) is 8.83. The molecule has 3 aliphatic rings. The van der Waals surface area contributed by atoms with E-state index in [-0.39, 0.29) is 28.5 Å². The van der Waals surface area contributed by atoms with E-state index in [0.717, 1.165) is 49.2 Å². The maximum absolute atomic E-state index is 13.1. The second kappa shape index (κ2) is 8.17. The quantitative estimate of drug-likeness (QED) is 0.410. The first-order chi connectivity index (χ1) is 15.1. The Hall–Kier alpha value is -3.15. The Bertz CT molecular complexity index is 1020. The first kappa shape index (κ1) is 19.8. The van der Waals surface area contributed by atoms with Crippen molar-refractivity contribution >= 4 is 17.3 Å². The number of non-ortho nitro benzene ring substituents is 1. The average molecular weight is 418 g/mol. The van der Waals surface area contributed by atoms with Gasteiger partial charge in [0.25, 0.3) is 11.6 Å². The smallest absolute Gasteiger partial charge is 0.269 e. The standard InChI is InChI=1S/C25H27N3O3/c29-25(27-14-3-1-2-4-15-27)18-10-13-23-22(16-18)20-6-5-7-21(20)24(26-23)17-8-11-19(12-9-17)28(30)31/h5-6,8-13,16,20-21,24,26H,1-4,7,14-15H2/t20-,21+,24+/m1/s1. The van der Waals surface area contributed by atoms with Gasteiger partial charge in [0.05, 0.1) is 11.0 Å². The van der Waals surface area contributed by atoms with Crippen molar-refractivity contribution in [1.82, 2.24) is 4.90 Å². The first-order valence-electron chi connectivity index (χ1n) is 11.2. The van der Waals surface area contributed by atoms with Gasteiger partial charge in [-0.3, -0.25) is 14.9 Å². The topological polar surface area (TPSA) is 75.5 Å². The second-order valence-corrected chi connectivity index (χ2v) is 8.83. The molecule has 1 fully saturated rings. The number of carbonyl (C=O) groups is 1. The maximum Gasteiger partial charge on any atom is 0.269 e. The number of rotatable bonds is 3. The molecular weight excluding hydrogens is 390 g/mol. The fourth-order valence-electron chi connectivity index (χ4n) is 5.32. The van der Waals surface area contributed by atoms with Crippen molar-refractivity contribution in [3.8, 4) is 0 Å². The molecule has 6 nitrogen and oxygen atoms in total. The van der Waals surface area contributed by atoms with Crippen LogP contribution in [0.1, 0.15) is 65.5 Å². The van der Waals surface area contributed by atoms with Gasteiger partial charge in [-0.2, -0.15) is 0 Å². The molecule has 1 amide bonds. The van der Waals surface area contributed by atoms with Gasteiger partial charge in [-0.1, -0.05) is 37.1 Å². The molecule has 2 aliphatic heterocycles. The van der Waals surface area contributed by atoms with Gasteiger partial charge in [-0.25, -0.2) is 0 Å². The van der Waals surface area contributed by atoms with E-state index in [1.54, 1.807) is 12.1 Å². The predicted molar refractivity (Wildman–Crippen MR) is 120 cm³/mol. The number of nitro benzene ring substituents is 1. The molecular formula is C25H27N3O3. The summed E-state index contributed by atoms with van der Waals surface area (Å²) in [5, 5.41) is 14.7. The van der Waals surface area contributed by atoms with Crippen molar-refractivity contribution in [2.24, 2.45) is 5.92 Å². The van der Waals surface area contributed by atoms with Gasteiger partial charge in [0.15, 0.2) is 0 Å².